The molecule has 0 aliphatic rings. The van der Waals surface area contributed by atoms with Crippen LogP contribution in [0.3, 0.4) is 0 Å². The van der Waals surface area contributed by atoms with E-state index in [0.29, 0.717) is 10.7 Å². The molecule has 0 radical (unpaired) electrons. The first-order valence-electron chi connectivity index (χ1n) is 8.47. The lowest BCUT2D eigenvalue weighted by Crippen LogP contribution is -2.29. The van der Waals surface area contributed by atoms with Crippen molar-refractivity contribution in [3.8, 4) is 11.3 Å². The second-order valence-corrected chi connectivity index (χ2v) is 6.72. The summed E-state index contributed by atoms with van der Waals surface area (Å²) in [6, 6.07) is 15.4. The highest BCUT2D eigenvalue weighted by molar-refractivity contribution is 7.14. The number of nitrogens with zero attached hydrogens (tertiary/aromatic N) is 1. The third kappa shape index (κ3) is 5.34. The predicted molar refractivity (Wildman–Crippen MR) is 107 cm³/mol. The number of hydrogen-bond donors (Lipinski definition) is 1. The molecule has 1 atom stereocenters. The van der Waals surface area contributed by atoms with Gasteiger partial charge in [-0.05, 0) is 30.7 Å². The molecule has 0 aliphatic heterocycles. The number of esters is 1. The number of nitrogens with one attached hydrogen (secondary N) is 1. The normalized spacial score (nSPS) is 11.9. The molecule has 3 rings (SSSR count). The molecular weight excluding hydrogens is 379 g/mol. The first-order valence-corrected chi connectivity index (χ1v) is 9.35. The van der Waals surface area contributed by atoms with Crippen molar-refractivity contribution in [1.82, 2.24) is 4.98 Å². The predicted octanol–water partition coefficient (Wildman–Crippen LogP) is 4.53. The molecule has 0 fully saturated rings. The van der Waals surface area contributed by atoms with E-state index >= 15 is 0 Å². The molecule has 1 N–H and O–H groups in total. The monoisotopic (exact) mass is 396 g/mol. The van der Waals surface area contributed by atoms with Gasteiger partial charge >= 0.3 is 5.97 Å². The van der Waals surface area contributed by atoms with Crippen LogP contribution in [0.4, 0.5) is 9.52 Å². The Bertz CT molecular complexity index is 1000. The van der Waals surface area contributed by atoms with Crippen molar-refractivity contribution in [2.24, 2.45) is 0 Å². The highest BCUT2D eigenvalue weighted by Gasteiger charge is 2.18. The fraction of sp³-hybridized carbons (Fsp3) is 0.0952. The maximum absolute atomic E-state index is 13.1. The molecule has 1 heterocycles. The number of amides is 1. The Labute approximate surface area is 165 Å². The van der Waals surface area contributed by atoms with E-state index in [9.17, 15) is 14.0 Å². The van der Waals surface area contributed by atoms with Gasteiger partial charge in [-0.1, -0.05) is 42.5 Å². The molecule has 0 saturated carbocycles. The number of carbonyl (C=O) groups is 2. The number of hydrogen-bond acceptors (Lipinski definition) is 5. The lowest BCUT2D eigenvalue weighted by atomic mass is 10.2. The number of ether oxygens (including phenoxy) is 1. The van der Waals surface area contributed by atoms with Crippen molar-refractivity contribution in [3.63, 3.8) is 0 Å². The second kappa shape index (κ2) is 9.05. The SMILES string of the molecule is CC(OC(=O)/C=C/c1cccc(F)c1)C(=O)Nc1nc(-c2ccccc2)cs1. The Kier molecular flexibility index (Phi) is 6.29. The summed E-state index contributed by atoms with van der Waals surface area (Å²) >= 11 is 1.28. The van der Waals surface area contributed by atoms with Gasteiger partial charge in [-0.2, -0.15) is 0 Å². The van der Waals surface area contributed by atoms with E-state index in [2.05, 4.69) is 10.3 Å². The molecule has 28 heavy (non-hydrogen) atoms. The fourth-order valence-electron chi connectivity index (χ4n) is 2.32. The quantitative estimate of drug-likeness (QED) is 0.491. The van der Waals surface area contributed by atoms with Crippen molar-refractivity contribution in [1.29, 1.82) is 0 Å². The Hall–Kier alpha value is -3.32. The van der Waals surface area contributed by atoms with Crippen LogP contribution in [0.25, 0.3) is 17.3 Å². The smallest absolute Gasteiger partial charge is 0.331 e. The van der Waals surface area contributed by atoms with Gasteiger partial charge in [-0.3, -0.25) is 10.1 Å². The molecule has 7 heteroatoms. The highest BCUT2D eigenvalue weighted by atomic mass is 32.1. The molecule has 0 bridgehead atoms. The molecule has 1 aromatic heterocycles. The number of halogens is 1. The summed E-state index contributed by atoms with van der Waals surface area (Å²) in [7, 11) is 0. The summed E-state index contributed by atoms with van der Waals surface area (Å²) < 4.78 is 18.2. The lowest BCUT2D eigenvalue weighted by Gasteiger charge is -2.10. The summed E-state index contributed by atoms with van der Waals surface area (Å²) in [5.41, 5.74) is 2.22. The Morgan fingerprint density at radius 2 is 1.96 bits per heavy atom. The third-order valence-corrected chi connectivity index (χ3v) is 4.48. The van der Waals surface area contributed by atoms with Crippen LogP contribution in [0.5, 0.6) is 0 Å². The van der Waals surface area contributed by atoms with Gasteiger partial charge in [0.2, 0.25) is 0 Å². The van der Waals surface area contributed by atoms with Crippen LogP contribution in [-0.4, -0.2) is 23.0 Å². The average molecular weight is 396 g/mol. The Morgan fingerprint density at radius 3 is 2.71 bits per heavy atom. The minimum atomic E-state index is -1.01. The zero-order chi connectivity index (χ0) is 19.9. The standard InChI is InChI=1S/C21H17FN2O3S/c1-14(27-19(25)11-10-15-6-5-9-17(22)12-15)20(26)24-21-23-18(13-28-21)16-7-3-2-4-8-16/h2-14H,1H3,(H,23,24,26)/b11-10+. The van der Waals surface area contributed by atoms with Crippen molar-refractivity contribution >= 4 is 34.4 Å². The van der Waals surface area contributed by atoms with E-state index in [1.165, 1.54) is 42.5 Å². The first-order chi connectivity index (χ1) is 13.5. The van der Waals surface area contributed by atoms with Crippen LogP contribution >= 0.6 is 11.3 Å². The van der Waals surface area contributed by atoms with Gasteiger partial charge in [-0.25, -0.2) is 14.2 Å². The first kappa shape index (κ1) is 19.4. The molecule has 1 unspecified atom stereocenters. The maximum Gasteiger partial charge on any atom is 0.331 e. The number of thiazole rings is 1. The Morgan fingerprint density at radius 1 is 1.18 bits per heavy atom. The van der Waals surface area contributed by atoms with Crippen molar-refractivity contribution in [2.45, 2.75) is 13.0 Å². The van der Waals surface area contributed by atoms with Crippen molar-refractivity contribution < 1.29 is 18.7 Å². The minimum Gasteiger partial charge on any atom is -0.449 e. The van der Waals surface area contributed by atoms with E-state index < -0.39 is 23.8 Å². The van der Waals surface area contributed by atoms with E-state index in [1.54, 1.807) is 6.07 Å². The zero-order valence-corrected chi connectivity index (χ0v) is 15.8. The molecule has 0 spiro atoms. The van der Waals surface area contributed by atoms with E-state index in [0.717, 1.165) is 17.3 Å². The molecule has 0 saturated heterocycles. The van der Waals surface area contributed by atoms with Gasteiger partial charge in [0.25, 0.3) is 5.91 Å². The zero-order valence-electron chi connectivity index (χ0n) is 15.0. The van der Waals surface area contributed by atoms with Gasteiger partial charge in [-0.15, -0.1) is 11.3 Å². The van der Waals surface area contributed by atoms with Gasteiger partial charge in [0.15, 0.2) is 11.2 Å². The molecule has 3 aromatic rings. The van der Waals surface area contributed by atoms with E-state index in [1.807, 2.05) is 35.7 Å². The summed E-state index contributed by atoms with van der Waals surface area (Å²) in [5, 5.41) is 4.89. The van der Waals surface area contributed by atoms with Crippen LogP contribution in [-0.2, 0) is 14.3 Å². The molecule has 5 nitrogen and oxygen atoms in total. The lowest BCUT2D eigenvalue weighted by molar-refractivity contribution is -0.148. The molecule has 142 valence electrons. The van der Waals surface area contributed by atoms with Gasteiger partial charge in [0.1, 0.15) is 5.82 Å². The topological polar surface area (TPSA) is 68.3 Å². The number of benzene rings is 2. The van der Waals surface area contributed by atoms with E-state index in [-0.39, 0.29) is 0 Å². The van der Waals surface area contributed by atoms with E-state index in [4.69, 9.17) is 4.74 Å². The number of carbonyl (C=O) groups excluding carboxylic acids is 2. The summed E-state index contributed by atoms with van der Waals surface area (Å²) in [5.74, 6) is -1.58. The van der Waals surface area contributed by atoms with Crippen LogP contribution in [0.1, 0.15) is 12.5 Å². The Balaban J connectivity index is 1.54. The van der Waals surface area contributed by atoms with Crippen molar-refractivity contribution in [3.05, 3.63) is 77.4 Å². The molecule has 0 aliphatic carbocycles. The van der Waals surface area contributed by atoms with Crippen molar-refractivity contribution in [2.75, 3.05) is 5.32 Å². The summed E-state index contributed by atoms with van der Waals surface area (Å²) in [4.78, 5) is 28.4. The van der Waals surface area contributed by atoms with Gasteiger partial charge in [0, 0.05) is 17.0 Å². The number of aromatic nitrogens is 1. The second-order valence-electron chi connectivity index (χ2n) is 5.86. The molecule has 2 aromatic carbocycles. The fourth-order valence-corrected chi connectivity index (χ4v) is 3.04. The van der Waals surface area contributed by atoms with Gasteiger partial charge < -0.3 is 4.74 Å². The molecular formula is C21H17FN2O3S. The summed E-state index contributed by atoms with van der Waals surface area (Å²) in [6.07, 6.45) is 1.56. The maximum atomic E-state index is 13.1. The number of rotatable bonds is 6. The van der Waals surface area contributed by atoms with Crippen LogP contribution in [0.2, 0.25) is 0 Å². The van der Waals surface area contributed by atoms with Crippen LogP contribution in [0, 0.1) is 5.82 Å². The average Bonchev–Trinajstić information content (AvgIpc) is 3.15. The van der Waals surface area contributed by atoms with Crippen LogP contribution < -0.4 is 5.32 Å². The largest absolute Gasteiger partial charge is 0.449 e. The van der Waals surface area contributed by atoms with Crippen LogP contribution in [0.15, 0.2) is 66.1 Å². The minimum absolute atomic E-state index is 0.401. The third-order valence-electron chi connectivity index (χ3n) is 3.73. The summed E-state index contributed by atoms with van der Waals surface area (Å²) in [6.45, 7) is 1.47. The highest BCUT2D eigenvalue weighted by Crippen LogP contribution is 2.24. The molecule has 1 amide bonds. The van der Waals surface area contributed by atoms with Gasteiger partial charge in [0.05, 0.1) is 5.69 Å². The number of anilines is 1.